The summed E-state index contributed by atoms with van der Waals surface area (Å²) in [5, 5.41) is 15.3. The summed E-state index contributed by atoms with van der Waals surface area (Å²) >= 11 is 0. The maximum Gasteiger partial charge on any atom is 0.311 e. The molecule has 1 aliphatic carbocycles. The van der Waals surface area contributed by atoms with Gasteiger partial charge in [-0.05, 0) is 17.9 Å². The molecular formula is C14H15N3O2. The molecule has 2 aromatic rings. The smallest absolute Gasteiger partial charge is 0.311 e. The van der Waals surface area contributed by atoms with E-state index in [9.17, 15) is 10.1 Å². The van der Waals surface area contributed by atoms with Crippen LogP contribution in [0.3, 0.4) is 0 Å². The van der Waals surface area contributed by atoms with E-state index in [0.29, 0.717) is 5.69 Å². The van der Waals surface area contributed by atoms with Crippen molar-refractivity contribution in [2.24, 2.45) is 5.41 Å². The van der Waals surface area contributed by atoms with Crippen LogP contribution in [0.15, 0.2) is 30.5 Å². The molecule has 0 amide bonds. The lowest BCUT2D eigenvalue weighted by atomic mass is 10.1. The van der Waals surface area contributed by atoms with Gasteiger partial charge in [-0.1, -0.05) is 32.0 Å². The molecule has 0 bridgehead atoms. The van der Waals surface area contributed by atoms with Gasteiger partial charge >= 0.3 is 5.69 Å². The zero-order valence-electron chi connectivity index (χ0n) is 10.9. The molecule has 1 unspecified atom stereocenters. The van der Waals surface area contributed by atoms with E-state index in [-0.39, 0.29) is 22.1 Å². The summed E-state index contributed by atoms with van der Waals surface area (Å²) in [4.78, 5) is 14.9. The zero-order chi connectivity index (χ0) is 13.6. The normalized spacial score (nSPS) is 20.2. The zero-order valence-corrected chi connectivity index (χ0v) is 10.9. The van der Waals surface area contributed by atoms with Gasteiger partial charge in [0.1, 0.15) is 11.9 Å². The molecule has 1 aromatic carbocycles. The van der Waals surface area contributed by atoms with Crippen LogP contribution in [0.5, 0.6) is 0 Å². The Kier molecular flexibility index (Phi) is 2.45. The van der Waals surface area contributed by atoms with Crippen molar-refractivity contribution < 1.29 is 4.92 Å². The number of hydrogen-bond donors (Lipinski definition) is 1. The van der Waals surface area contributed by atoms with Crippen molar-refractivity contribution in [1.29, 1.82) is 0 Å². The van der Waals surface area contributed by atoms with E-state index in [1.165, 1.54) is 6.20 Å². The molecule has 0 aliphatic heterocycles. The number of aromatic nitrogens is 1. The minimum atomic E-state index is -0.378. The van der Waals surface area contributed by atoms with Crippen LogP contribution in [0.4, 0.5) is 11.4 Å². The molecule has 5 nitrogen and oxygen atoms in total. The molecule has 1 aliphatic rings. The maximum absolute atomic E-state index is 11.2. The molecule has 1 saturated carbocycles. The summed E-state index contributed by atoms with van der Waals surface area (Å²) in [6.45, 7) is 4.31. The lowest BCUT2D eigenvalue weighted by molar-refractivity contribution is -0.384. The van der Waals surface area contributed by atoms with Gasteiger partial charge in [0.25, 0.3) is 0 Å². The minimum absolute atomic E-state index is 0.0430. The van der Waals surface area contributed by atoms with Crippen LogP contribution in [0.2, 0.25) is 0 Å². The second-order valence-electron chi connectivity index (χ2n) is 5.68. The third-order valence-corrected chi connectivity index (χ3v) is 3.78. The third kappa shape index (κ3) is 2.01. The number of rotatable bonds is 3. The summed E-state index contributed by atoms with van der Waals surface area (Å²) < 4.78 is 0. The molecule has 1 atom stereocenters. The lowest BCUT2D eigenvalue weighted by Gasteiger charge is -2.11. The molecule has 1 fully saturated rings. The Morgan fingerprint density at radius 1 is 1.42 bits per heavy atom. The van der Waals surface area contributed by atoms with E-state index >= 15 is 0 Å². The Morgan fingerprint density at radius 3 is 2.74 bits per heavy atom. The van der Waals surface area contributed by atoms with E-state index in [2.05, 4.69) is 24.1 Å². The van der Waals surface area contributed by atoms with Gasteiger partial charge in [0.2, 0.25) is 0 Å². The Balaban J connectivity index is 2.12. The second kappa shape index (κ2) is 3.91. The highest BCUT2D eigenvalue weighted by Crippen LogP contribution is 2.48. The van der Waals surface area contributed by atoms with Crippen molar-refractivity contribution in [3.63, 3.8) is 0 Å². The first-order valence-electron chi connectivity index (χ1n) is 6.28. The van der Waals surface area contributed by atoms with Crippen LogP contribution in [-0.2, 0) is 0 Å². The molecule has 1 aromatic heterocycles. The monoisotopic (exact) mass is 257 g/mol. The van der Waals surface area contributed by atoms with Gasteiger partial charge in [-0.25, -0.2) is 4.98 Å². The van der Waals surface area contributed by atoms with Gasteiger partial charge in [-0.15, -0.1) is 0 Å². The summed E-state index contributed by atoms with van der Waals surface area (Å²) in [6.07, 6.45) is 2.36. The number of nitro groups is 1. The molecule has 5 heteroatoms. The number of para-hydroxylation sites is 1. The molecular weight excluding hydrogens is 242 g/mol. The van der Waals surface area contributed by atoms with Gasteiger partial charge in [0.05, 0.1) is 10.4 Å². The minimum Gasteiger partial charge on any atom is -0.376 e. The van der Waals surface area contributed by atoms with Crippen molar-refractivity contribution in [3.8, 4) is 0 Å². The molecule has 0 saturated heterocycles. The Labute approximate surface area is 110 Å². The highest BCUT2D eigenvalue weighted by molar-refractivity contribution is 5.95. The predicted octanol–water partition coefficient (Wildman–Crippen LogP) is 3.35. The Morgan fingerprint density at radius 2 is 2.11 bits per heavy atom. The van der Waals surface area contributed by atoms with Gasteiger partial charge in [0.15, 0.2) is 0 Å². The van der Waals surface area contributed by atoms with Crippen LogP contribution in [0.25, 0.3) is 10.9 Å². The van der Waals surface area contributed by atoms with Crippen molar-refractivity contribution in [2.45, 2.75) is 26.3 Å². The van der Waals surface area contributed by atoms with Crippen molar-refractivity contribution >= 4 is 22.3 Å². The first-order chi connectivity index (χ1) is 8.99. The van der Waals surface area contributed by atoms with E-state index in [1.54, 1.807) is 0 Å². The number of nitrogens with zero attached hydrogens (tertiary/aromatic N) is 2. The number of pyridine rings is 1. The fraction of sp³-hybridized carbons (Fsp3) is 0.357. The van der Waals surface area contributed by atoms with Crippen molar-refractivity contribution in [1.82, 2.24) is 4.98 Å². The van der Waals surface area contributed by atoms with E-state index in [4.69, 9.17) is 0 Å². The van der Waals surface area contributed by atoms with Crippen LogP contribution < -0.4 is 5.32 Å². The van der Waals surface area contributed by atoms with Gasteiger partial charge < -0.3 is 5.32 Å². The quantitative estimate of drug-likeness (QED) is 0.676. The molecule has 0 radical (unpaired) electrons. The average molecular weight is 257 g/mol. The molecule has 1 heterocycles. The first-order valence-corrected chi connectivity index (χ1v) is 6.28. The average Bonchev–Trinajstić information content (AvgIpc) is 2.96. The van der Waals surface area contributed by atoms with Crippen LogP contribution in [0.1, 0.15) is 20.3 Å². The number of hydrogen-bond acceptors (Lipinski definition) is 4. The van der Waals surface area contributed by atoms with E-state index < -0.39 is 0 Å². The standard InChI is InChI=1S/C14H15N3O2/c1-14(2)7-12(14)16-13-9-5-3-4-6-10(9)15-8-11(13)17(18)19/h3-6,8,12H,7H2,1-2H3,(H,15,16). The van der Waals surface area contributed by atoms with Crippen molar-refractivity contribution in [2.75, 3.05) is 5.32 Å². The number of fused-ring (bicyclic) bond motifs is 1. The highest BCUT2D eigenvalue weighted by atomic mass is 16.6. The largest absolute Gasteiger partial charge is 0.376 e. The summed E-state index contributed by atoms with van der Waals surface area (Å²) in [7, 11) is 0. The van der Waals surface area contributed by atoms with Crippen molar-refractivity contribution in [3.05, 3.63) is 40.6 Å². The number of nitrogens with one attached hydrogen (secondary N) is 1. The molecule has 0 spiro atoms. The second-order valence-corrected chi connectivity index (χ2v) is 5.68. The van der Waals surface area contributed by atoms with E-state index in [0.717, 1.165) is 17.3 Å². The summed E-state index contributed by atoms with van der Waals surface area (Å²) in [6, 6.07) is 7.77. The number of benzene rings is 1. The van der Waals surface area contributed by atoms with Gasteiger partial charge in [-0.3, -0.25) is 10.1 Å². The van der Waals surface area contributed by atoms with Gasteiger partial charge in [0, 0.05) is 11.4 Å². The summed E-state index contributed by atoms with van der Waals surface area (Å²) in [5.74, 6) is 0. The van der Waals surface area contributed by atoms with Crippen LogP contribution in [-0.4, -0.2) is 15.9 Å². The SMILES string of the molecule is CC1(C)CC1Nc1c([N+](=O)[O-])cnc2ccccc12. The lowest BCUT2D eigenvalue weighted by Crippen LogP contribution is -2.10. The summed E-state index contributed by atoms with van der Waals surface area (Å²) in [5.41, 5.74) is 1.61. The molecule has 98 valence electrons. The fourth-order valence-electron chi connectivity index (χ4n) is 2.31. The molecule has 19 heavy (non-hydrogen) atoms. The van der Waals surface area contributed by atoms with Gasteiger partial charge in [-0.2, -0.15) is 0 Å². The Bertz CT molecular complexity index is 667. The molecule has 1 N–H and O–H groups in total. The Hall–Kier alpha value is -2.17. The van der Waals surface area contributed by atoms with Crippen LogP contribution >= 0.6 is 0 Å². The van der Waals surface area contributed by atoms with Crippen LogP contribution in [0, 0.1) is 15.5 Å². The predicted molar refractivity (Wildman–Crippen MR) is 74.2 cm³/mol. The molecule has 3 rings (SSSR count). The highest BCUT2D eigenvalue weighted by Gasteiger charge is 2.46. The maximum atomic E-state index is 11.2. The number of anilines is 1. The third-order valence-electron chi connectivity index (χ3n) is 3.78. The topological polar surface area (TPSA) is 68.1 Å². The fourth-order valence-corrected chi connectivity index (χ4v) is 2.31. The van der Waals surface area contributed by atoms with E-state index in [1.807, 2.05) is 24.3 Å². The first kappa shape index (κ1) is 11.9.